The number of halogens is 2. The lowest BCUT2D eigenvalue weighted by atomic mass is 10.1. The van der Waals surface area contributed by atoms with Gasteiger partial charge in [0.25, 0.3) is 0 Å². The lowest BCUT2D eigenvalue weighted by molar-refractivity contribution is 0.574. The number of thioether (sulfide) groups is 1. The smallest absolute Gasteiger partial charge is 0.178 e. The first-order chi connectivity index (χ1) is 8.54. The first-order valence-corrected chi connectivity index (χ1v) is 6.73. The SMILES string of the molecule is CC1(CNc2nc(NN)c(F)cc2F)CCCS1. The Balaban J connectivity index is 2.09. The maximum Gasteiger partial charge on any atom is 0.178 e. The number of anilines is 2. The molecule has 0 radical (unpaired) electrons. The van der Waals surface area contributed by atoms with Crippen LogP contribution in [0, 0.1) is 11.6 Å². The summed E-state index contributed by atoms with van der Waals surface area (Å²) in [5.74, 6) is 4.57. The molecule has 1 atom stereocenters. The maximum atomic E-state index is 13.5. The molecule has 18 heavy (non-hydrogen) atoms. The quantitative estimate of drug-likeness (QED) is 0.581. The van der Waals surface area contributed by atoms with Crippen LogP contribution in [0.2, 0.25) is 0 Å². The van der Waals surface area contributed by atoms with Gasteiger partial charge in [0, 0.05) is 17.4 Å². The number of pyridine rings is 1. The summed E-state index contributed by atoms with van der Waals surface area (Å²) in [5.41, 5.74) is 2.10. The van der Waals surface area contributed by atoms with Crippen LogP contribution in [0.1, 0.15) is 19.8 Å². The number of nitrogen functional groups attached to an aromatic ring is 1. The van der Waals surface area contributed by atoms with E-state index < -0.39 is 11.6 Å². The maximum absolute atomic E-state index is 13.5. The van der Waals surface area contributed by atoms with E-state index in [4.69, 9.17) is 5.84 Å². The monoisotopic (exact) mass is 274 g/mol. The highest BCUT2D eigenvalue weighted by Crippen LogP contribution is 2.37. The molecule has 0 aliphatic carbocycles. The first kappa shape index (κ1) is 13.4. The van der Waals surface area contributed by atoms with Crippen molar-refractivity contribution in [1.82, 2.24) is 4.98 Å². The molecule has 2 heterocycles. The van der Waals surface area contributed by atoms with Gasteiger partial charge >= 0.3 is 0 Å². The zero-order valence-corrected chi connectivity index (χ0v) is 10.9. The summed E-state index contributed by atoms with van der Waals surface area (Å²) in [6.07, 6.45) is 2.24. The van der Waals surface area contributed by atoms with Crippen LogP contribution < -0.4 is 16.6 Å². The van der Waals surface area contributed by atoms with Crippen molar-refractivity contribution in [2.24, 2.45) is 5.84 Å². The topological polar surface area (TPSA) is 63.0 Å². The lowest BCUT2D eigenvalue weighted by Gasteiger charge is -2.23. The van der Waals surface area contributed by atoms with Crippen LogP contribution in [0.4, 0.5) is 20.4 Å². The van der Waals surface area contributed by atoms with Gasteiger partial charge in [0.1, 0.15) is 0 Å². The van der Waals surface area contributed by atoms with Gasteiger partial charge in [0.2, 0.25) is 0 Å². The lowest BCUT2D eigenvalue weighted by Crippen LogP contribution is -2.28. The molecule has 0 bridgehead atoms. The molecule has 0 aromatic carbocycles. The van der Waals surface area contributed by atoms with Gasteiger partial charge in [0.15, 0.2) is 23.3 Å². The minimum absolute atomic E-state index is 0.0260. The zero-order chi connectivity index (χ0) is 13.2. The van der Waals surface area contributed by atoms with Gasteiger partial charge in [-0.15, -0.1) is 0 Å². The van der Waals surface area contributed by atoms with Gasteiger partial charge in [-0.2, -0.15) is 11.8 Å². The molecule has 0 saturated carbocycles. The number of nitrogens with one attached hydrogen (secondary N) is 2. The number of aromatic nitrogens is 1. The third-order valence-corrected chi connectivity index (χ3v) is 4.53. The number of hydrogen-bond acceptors (Lipinski definition) is 5. The summed E-state index contributed by atoms with van der Waals surface area (Å²) in [5, 5.41) is 2.93. The summed E-state index contributed by atoms with van der Waals surface area (Å²) in [7, 11) is 0. The molecule has 1 unspecified atom stereocenters. The highest BCUT2D eigenvalue weighted by Gasteiger charge is 2.29. The van der Waals surface area contributed by atoms with Crippen molar-refractivity contribution >= 4 is 23.4 Å². The van der Waals surface area contributed by atoms with E-state index in [0.717, 1.165) is 24.7 Å². The summed E-state index contributed by atoms with van der Waals surface area (Å²) in [4.78, 5) is 3.78. The van der Waals surface area contributed by atoms with Crippen LogP contribution in [0.3, 0.4) is 0 Å². The van der Waals surface area contributed by atoms with Crippen LogP contribution in [0.15, 0.2) is 6.07 Å². The molecule has 1 aliphatic rings. The van der Waals surface area contributed by atoms with E-state index in [1.54, 1.807) is 0 Å². The Morgan fingerprint density at radius 1 is 1.44 bits per heavy atom. The Kier molecular flexibility index (Phi) is 3.91. The second-order valence-electron chi connectivity index (χ2n) is 4.55. The summed E-state index contributed by atoms with van der Waals surface area (Å²) in [6.45, 7) is 2.72. The van der Waals surface area contributed by atoms with Crippen LogP contribution in [-0.2, 0) is 0 Å². The van der Waals surface area contributed by atoms with Crippen molar-refractivity contribution in [3.8, 4) is 0 Å². The molecule has 1 saturated heterocycles. The Hall–Kier alpha value is -1.08. The fourth-order valence-corrected chi connectivity index (χ4v) is 3.18. The molecule has 7 heteroatoms. The second kappa shape index (κ2) is 5.27. The largest absolute Gasteiger partial charge is 0.366 e. The second-order valence-corrected chi connectivity index (χ2v) is 6.23. The Labute approximate surface area is 109 Å². The first-order valence-electron chi connectivity index (χ1n) is 5.74. The van der Waals surface area contributed by atoms with Crippen molar-refractivity contribution in [2.45, 2.75) is 24.5 Å². The number of nitrogens with zero attached hydrogens (tertiary/aromatic N) is 1. The average Bonchev–Trinajstić information content (AvgIpc) is 2.76. The van der Waals surface area contributed by atoms with Crippen molar-refractivity contribution < 1.29 is 8.78 Å². The molecule has 1 fully saturated rings. The fourth-order valence-electron chi connectivity index (χ4n) is 1.94. The predicted molar refractivity (Wildman–Crippen MR) is 70.5 cm³/mol. The highest BCUT2D eigenvalue weighted by atomic mass is 32.2. The van der Waals surface area contributed by atoms with E-state index in [9.17, 15) is 8.78 Å². The summed E-state index contributed by atoms with van der Waals surface area (Å²) < 4.78 is 26.8. The molecule has 0 amide bonds. The fraction of sp³-hybridized carbons (Fsp3) is 0.545. The molecule has 1 aromatic rings. The molecular formula is C11H16F2N4S. The normalized spacial score (nSPS) is 23.1. The molecule has 4 nitrogen and oxygen atoms in total. The van der Waals surface area contributed by atoms with Gasteiger partial charge in [0.05, 0.1) is 0 Å². The molecular weight excluding hydrogens is 258 g/mol. The predicted octanol–water partition coefficient (Wildman–Crippen LogP) is 2.34. The highest BCUT2D eigenvalue weighted by molar-refractivity contribution is 8.00. The zero-order valence-electron chi connectivity index (χ0n) is 10.1. The number of nitrogens with two attached hydrogens (primary N) is 1. The third kappa shape index (κ3) is 2.84. The summed E-state index contributed by atoms with van der Waals surface area (Å²) in [6, 6.07) is 0.772. The van der Waals surface area contributed by atoms with Crippen LogP contribution in [0.5, 0.6) is 0 Å². The Morgan fingerprint density at radius 3 is 2.78 bits per heavy atom. The van der Waals surface area contributed by atoms with Gasteiger partial charge in [-0.05, 0) is 25.5 Å². The van der Waals surface area contributed by atoms with Crippen molar-refractivity contribution in [1.29, 1.82) is 0 Å². The van der Waals surface area contributed by atoms with E-state index in [1.807, 2.05) is 11.8 Å². The molecule has 2 rings (SSSR count). The Bertz CT molecular complexity index is 435. The van der Waals surface area contributed by atoms with Crippen molar-refractivity contribution in [3.05, 3.63) is 17.7 Å². The van der Waals surface area contributed by atoms with E-state index in [2.05, 4.69) is 22.7 Å². The summed E-state index contributed by atoms with van der Waals surface area (Å²) >= 11 is 1.86. The molecule has 1 aromatic heterocycles. The molecule has 0 spiro atoms. The van der Waals surface area contributed by atoms with Gasteiger partial charge in [-0.25, -0.2) is 19.6 Å². The third-order valence-electron chi connectivity index (χ3n) is 3.00. The van der Waals surface area contributed by atoms with E-state index in [0.29, 0.717) is 6.54 Å². The van der Waals surface area contributed by atoms with Crippen molar-refractivity contribution in [3.63, 3.8) is 0 Å². The van der Waals surface area contributed by atoms with Crippen molar-refractivity contribution in [2.75, 3.05) is 23.0 Å². The van der Waals surface area contributed by atoms with Crippen LogP contribution in [-0.4, -0.2) is 22.0 Å². The minimum atomic E-state index is -0.804. The molecule has 100 valence electrons. The van der Waals surface area contributed by atoms with Gasteiger partial charge < -0.3 is 10.7 Å². The van der Waals surface area contributed by atoms with Gasteiger partial charge in [-0.1, -0.05) is 0 Å². The van der Waals surface area contributed by atoms with Crippen LogP contribution in [0.25, 0.3) is 0 Å². The Morgan fingerprint density at radius 2 is 2.17 bits per heavy atom. The van der Waals surface area contributed by atoms with E-state index in [1.165, 1.54) is 0 Å². The average molecular weight is 274 g/mol. The van der Waals surface area contributed by atoms with E-state index in [-0.39, 0.29) is 16.4 Å². The molecule has 4 N–H and O–H groups in total. The number of rotatable bonds is 4. The van der Waals surface area contributed by atoms with E-state index >= 15 is 0 Å². The van der Waals surface area contributed by atoms with Gasteiger partial charge in [-0.3, -0.25) is 0 Å². The van der Waals surface area contributed by atoms with Crippen LogP contribution >= 0.6 is 11.8 Å². The standard InChI is InChI=1S/C11H16F2N4S/c1-11(3-2-4-18-11)6-15-9-7(12)5-8(13)10(16-9)17-14/h5H,2-4,6,14H2,1H3,(H2,15,16,17). The number of hydrazine groups is 1. The number of hydrogen-bond donors (Lipinski definition) is 3. The molecule has 1 aliphatic heterocycles. The minimum Gasteiger partial charge on any atom is -0.366 e.